The maximum absolute atomic E-state index is 12.4. The molecule has 0 aliphatic carbocycles. The minimum Gasteiger partial charge on any atom is -0.334 e. The summed E-state index contributed by atoms with van der Waals surface area (Å²) < 4.78 is 0. The summed E-state index contributed by atoms with van der Waals surface area (Å²) in [6.45, 7) is 4.89. The van der Waals surface area contributed by atoms with Gasteiger partial charge in [-0.05, 0) is 25.8 Å². The largest absolute Gasteiger partial charge is 0.334 e. The van der Waals surface area contributed by atoms with Crippen molar-refractivity contribution in [2.45, 2.75) is 38.8 Å². The normalized spacial score (nSPS) is 20.8. The van der Waals surface area contributed by atoms with Crippen LogP contribution in [0.2, 0.25) is 0 Å². The maximum Gasteiger partial charge on any atom is 0.223 e. The Morgan fingerprint density at radius 2 is 2.15 bits per heavy atom. The van der Waals surface area contributed by atoms with Crippen LogP contribution in [0.15, 0.2) is 24.3 Å². The smallest absolute Gasteiger partial charge is 0.223 e. The molecule has 4 heteroatoms. The second-order valence-electron chi connectivity index (χ2n) is 5.60. The number of nitrogens with two attached hydrogens (primary N) is 1. The van der Waals surface area contributed by atoms with E-state index in [0.29, 0.717) is 6.42 Å². The molecule has 1 amide bonds. The molecule has 1 heterocycles. The van der Waals surface area contributed by atoms with Crippen LogP contribution in [-0.2, 0) is 4.79 Å². The molecule has 1 aliphatic heterocycles. The van der Waals surface area contributed by atoms with Crippen molar-refractivity contribution in [3.05, 3.63) is 35.4 Å². The number of rotatable bonds is 4. The molecule has 2 atom stereocenters. The number of benzene rings is 1. The number of hydrogen-bond donors (Lipinski definition) is 1. The minimum absolute atomic E-state index is 0.0935. The molecule has 1 fully saturated rings. The average molecular weight is 292 g/mol. The highest BCUT2D eigenvalue weighted by atomic mass is 32.2. The third-order valence-corrected chi connectivity index (χ3v) is 4.75. The Morgan fingerprint density at radius 3 is 2.80 bits per heavy atom. The molecule has 3 nitrogen and oxygen atoms in total. The topological polar surface area (TPSA) is 46.3 Å². The van der Waals surface area contributed by atoms with E-state index in [1.807, 2.05) is 23.6 Å². The highest BCUT2D eigenvalue weighted by Crippen LogP contribution is 2.30. The van der Waals surface area contributed by atoms with Crippen molar-refractivity contribution in [2.24, 2.45) is 5.73 Å². The first-order valence-corrected chi connectivity index (χ1v) is 8.42. The van der Waals surface area contributed by atoms with E-state index in [9.17, 15) is 4.79 Å². The number of carbonyl (C=O) groups is 1. The van der Waals surface area contributed by atoms with Gasteiger partial charge < -0.3 is 10.6 Å². The summed E-state index contributed by atoms with van der Waals surface area (Å²) >= 11 is 1.93. The molecule has 1 aliphatic rings. The third kappa shape index (κ3) is 4.00. The summed E-state index contributed by atoms with van der Waals surface area (Å²) in [4.78, 5) is 14.5. The summed E-state index contributed by atoms with van der Waals surface area (Å²) in [5, 5.41) is 0. The standard InChI is InChI=1S/C16H24N2OS/c1-12-3-6-14(7-4-12)15-11-20-10-9-18(15)16(19)8-5-13(2)17/h3-4,6-7,13,15H,5,8-11,17H2,1-2H3. The first-order valence-electron chi connectivity index (χ1n) is 7.27. The Morgan fingerprint density at radius 1 is 1.45 bits per heavy atom. The SMILES string of the molecule is Cc1ccc(C2CSCCN2C(=O)CCC(C)N)cc1. The predicted octanol–water partition coefficient (Wildman–Crippen LogP) is 2.74. The van der Waals surface area contributed by atoms with Gasteiger partial charge in [-0.1, -0.05) is 29.8 Å². The molecular weight excluding hydrogens is 268 g/mol. The van der Waals surface area contributed by atoms with Gasteiger partial charge in [-0.2, -0.15) is 11.8 Å². The van der Waals surface area contributed by atoms with E-state index in [0.717, 1.165) is 24.5 Å². The Labute approximate surface area is 125 Å². The van der Waals surface area contributed by atoms with Gasteiger partial charge in [-0.25, -0.2) is 0 Å². The Balaban J connectivity index is 2.08. The van der Waals surface area contributed by atoms with Crippen LogP contribution in [-0.4, -0.2) is 34.9 Å². The zero-order valence-electron chi connectivity index (χ0n) is 12.3. The quantitative estimate of drug-likeness (QED) is 0.928. The first-order chi connectivity index (χ1) is 9.58. The summed E-state index contributed by atoms with van der Waals surface area (Å²) in [5.41, 5.74) is 8.26. The van der Waals surface area contributed by atoms with Gasteiger partial charge in [-0.3, -0.25) is 4.79 Å². The van der Waals surface area contributed by atoms with Crippen LogP contribution in [0.1, 0.15) is 36.9 Å². The van der Waals surface area contributed by atoms with Crippen LogP contribution in [0.3, 0.4) is 0 Å². The minimum atomic E-state index is 0.0935. The Bertz CT molecular complexity index is 444. The number of aryl methyl sites for hydroxylation is 1. The van der Waals surface area contributed by atoms with Crippen LogP contribution in [0.5, 0.6) is 0 Å². The second-order valence-corrected chi connectivity index (χ2v) is 6.75. The van der Waals surface area contributed by atoms with Crippen molar-refractivity contribution in [3.8, 4) is 0 Å². The summed E-state index contributed by atoms with van der Waals surface area (Å²) in [6.07, 6.45) is 1.33. The van der Waals surface area contributed by atoms with Gasteiger partial charge in [0, 0.05) is 30.5 Å². The lowest BCUT2D eigenvalue weighted by atomic mass is 10.0. The second kappa shape index (κ2) is 7.14. The van der Waals surface area contributed by atoms with Gasteiger partial charge in [0.15, 0.2) is 0 Å². The van der Waals surface area contributed by atoms with E-state index in [-0.39, 0.29) is 18.0 Å². The van der Waals surface area contributed by atoms with Gasteiger partial charge in [0.05, 0.1) is 6.04 Å². The summed E-state index contributed by atoms with van der Waals surface area (Å²) in [6, 6.07) is 8.86. The molecule has 110 valence electrons. The molecule has 1 aromatic rings. The molecule has 0 spiro atoms. The van der Waals surface area contributed by atoms with Crippen LogP contribution < -0.4 is 5.73 Å². The molecule has 2 unspecified atom stereocenters. The average Bonchev–Trinajstić information content (AvgIpc) is 2.45. The molecule has 0 saturated carbocycles. The lowest BCUT2D eigenvalue weighted by molar-refractivity contribution is -0.133. The van der Waals surface area contributed by atoms with Gasteiger partial charge in [0.25, 0.3) is 0 Å². The first kappa shape index (κ1) is 15.4. The molecule has 1 saturated heterocycles. The highest BCUT2D eigenvalue weighted by molar-refractivity contribution is 7.99. The van der Waals surface area contributed by atoms with Crippen molar-refractivity contribution >= 4 is 17.7 Å². The lowest BCUT2D eigenvalue weighted by Crippen LogP contribution is -2.41. The Kier molecular flexibility index (Phi) is 5.49. The molecule has 0 radical (unpaired) electrons. The zero-order chi connectivity index (χ0) is 14.5. The summed E-state index contributed by atoms with van der Waals surface area (Å²) in [7, 11) is 0. The molecule has 1 aromatic carbocycles. The third-order valence-electron chi connectivity index (χ3n) is 3.72. The van der Waals surface area contributed by atoms with E-state index in [1.165, 1.54) is 11.1 Å². The van der Waals surface area contributed by atoms with Gasteiger partial charge >= 0.3 is 0 Å². The van der Waals surface area contributed by atoms with E-state index >= 15 is 0 Å². The molecule has 0 aromatic heterocycles. The molecule has 20 heavy (non-hydrogen) atoms. The van der Waals surface area contributed by atoms with Crippen molar-refractivity contribution in [1.29, 1.82) is 0 Å². The monoisotopic (exact) mass is 292 g/mol. The van der Waals surface area contributed by atoms with Crippen molar-refractivity contribution in [3.63, 3.8) is 0 Å². The Hall–Kier alpha value is -1.00. The van der Waals surface area contributed by atoms with Gasteiger partial charge in [-0.15, -0.1) is 0 Å². The van der Waals surface area contributed by atoms with Crippen molar-refractivity contribution in [1.82, 2.24) is 4.90 Å². The van der Waals surface area contributed by atoms with Crippen molar-refractivity contribution < 1.29 is 4.79 Å². The lowest BCUT2D eigenvalue weighted by Gasteiger charge is -2.36. The van der Waals surface area contributed by atoms with E-state index in [1.54, 1.807) is 0 Å². The molecule has 2 rings (SSSR count). The summed E-state index contributed by atoms with van der Waals surface area (Å²) in [5.74, 6) is 2.27. The molecular formula is C16H24N2OS. The number of nitrogens with zero attached hydrogens (tertiary/aromatic N) is 1. The number of amides is 1. The fraction of sp³-hybridized carbons (Fsp3) is 0.562. The zero-order valence-corrected chi connectivity index (χ0v) is 13.2. The van der Waals surface area contributed by atoms with E-state index in [4.69, 9.17) is 5.73 Å². The van der Waals surface area contributed by atoms with Crippen LogP contribution in [0.4, 0.5) is 0 Å². The fourth-order valence-electron chi connectivity index (χ4n) is 2.46. The van der Waals surface area contributed by atoms with Crippen LogP contribution in [0, 0.1) is 6.92 Å². The highest BCUT2D eigenvalue weighted by Gasteiger charge is 2.27. The van der Waals surface area contributed by atoms with E-state index < -0.39 is 0 Å². The number of hydrogen-bond acceptors (Lipinski definition) is 3. The van der Waals surface area contributed by atoms with Crippen LogP contribution in [0.25, 0.3) is 0 Å². The van der Waals surface area contributed by atoms with Crippen LogP contribution >= 0.6 is 11.8 Å². The maximum atomic E-state index is 12.4. The molecule has 0 bridgehead atoms. The molecule has 2 N–H and O–H groups in total. The number of thioether (sulfide) groups is 1. The fourth-order valence-corrected chi connectivity index (χ4v) is 3.55. The van der Waals surface area contributed by atoms with E-state index in [2.05, 4.69) is 31.2 Å². The van der Waals surface area contributed by atoms with Crippen molar-refractivity contribution in [2.75, 3.05) is 18.1 Å². The van der Waals surface area contributed by atoms with Gasteiger partial charge in [0.2, 0.25) is 5.91 Å². The number of carbonyl (C=O) groups excluding carboxylic acids is 1. The predicted molar refractivity (Wildman–Crippen MR) is 85.8 cm³/mol. The van der Waals surface area contributed by atoms with Gasteiger partial charge in [0.1, 0.15) is 0 Å².